The minimum absolute atomic E-state index is 0.0737. The van der Waals surface area contributed by atoms with Gasteiger partial charge in [0.1, 0.15) is 12.0 Å². The number of ketones is 1. The maximum atomic E-state index is 13.0. The third-order valence-corrected chi connectivity index (χ3v) is 3.79. The van der Waals surface area contributed by atoms with Gasteiger partial charge in [0.05, 0.1) is 5.52 Å². The van der Waals surface area contributed by atoms with Crippen LogP contribution in [0, 0.1) is 0 Å². The number of aromatic nitrogens is 2. The van der Waals surface area contributed by atoms with E-state index in [1.165, 1.54) is 6.33 Å². The Morgan fingerprint density at radius 2 is 1.45 bits per heavy atom. The van der Waals surface area contributed by atoms with Crippen LogP contribution < -0.4 is 0 Å². The number of benzene rings is 3. The molecule has 0 radical (unpaired) electrons. The Morgan fingerprint density at radius 3 is 2.36 bits per heavy atom. The van der Waals surface area contributed by atoms with Crippen LogP contribution >= 0.6 is 0 Å². The number of carbonyl (C=O) groups excluding carboxylic acids is 1. The molecule has 0 saturated heterocycles. The van der Waals surface area contributed by atoms with Crippen molar-refractivity contribution in [3.05, 3.63) is 84.3 Å². The van der Waals surface area contributed by atoms with Crippen molar-refractivity contribution in [1.82, 2.24) is 9.97 Å². The minimum Gasteiger partial charge on any atom is -0.287 e. The number of carbonyl (C=O) groups is 1. The summed E-state index contributed by atoms with van der Waals surface area (Å²) in [5.74, 6) is -0.0737. The molecule has 0 N–H and O–H groups in total. The molecule has 1 heterocycles. The van der Waals surface area contributed by atoms with E-state index in [9.17, 15) is 4.79 Å². The van der Waals surface area contributed by atoms with Crippen LogP contribution in [0.15, 0.2) is 73.1 Å². The molecule has 0 aliphatic rings. The van der Waals surface area contributed by atoms with E-state index in [0.29, 0.717) is 11.3 Å². The van der Waals surface area contributed by atoms with E-state index in [-0.39, 0.29) is 5.78 Å². The first kappa shape index (κ1) is 12.7. The predicted molar refractivity (Wildman–Crippen MR) is 86.9 cm³/mol. The third kappa shape index (κ3) is 1.95. The molecule has 4 rings (SSSR count). The molecule has 0 unspecified atom stereocenters. The molecule has 3 heteroatoms. The van der Waals surface area contributed by atoms with Gasteiger partial charge in [0, 0.05) is 10.9 Å². The monoisotopic (exact) mass is 284 g/mol. The van der Waals surface area contributed by atoms with Gasteiger partial charge in [0.15, 0.2) is 0 Å². The first-order valence-electron chi connectivity index (χ1n) is 7.07. The summed E-state index contributed by atoms with van der Waals surface area (Å²) < 4.78 is 0. The van der Waals surface area contributed by atoms with Crippen LogP contribution in [0.4, 0.5) is 0 Å². The fourth-order valence-corrected chi connectivity index (χ4v) is 2.74. The molecule has 0 amide bonds. The van der Waals surface area contributed by atoms with Crippen molar-refractivity contribution in [2.45, 2.75) is 0 Å². The molecule has 4 aromatic rings. The summed E-state index contributed by atoms with van der Waals surface area (Å²) in [5, 5.41) is 2.77. The van der Waals surface area contributed by atoms with Crippen LogP contribution in [0.1, 0.15) is 16.1 Å². The number of hydrogen-bond acceptors (Lipinski definition) is 3. The summed E-state index contributed by atoms with van der Waals surface area (Å²) >= 11 is 0. The molecule has 0 aliphatic heterocycles. The molecule has 1 aromatic heterocycles. The van der Waals surface area contributed by atoms with Gasteiger partial charge in [-0.3, -0.25) is 4.79 Å². The van der Waals surface area contributed by atoms with Gasteiger partial charge in [-0.15, -0.1) is 0 Å². The number of nitrogens with zero attached hydrogens (tertiary/aromatic N) is 2. The minimum atomic E-state index is -0.0737. The smallest absolute Gasteiger partial charge is 0.212 e. The highest BCUT2D eigenvalue weighted by molar-refractivity contribution is 6.19. The van der Waals surface area contributed by atoms with Crippen molar-refractivity contribution in [3.8, 4) is 0 Å². The average molecular weight is 284 g/mol. The van der Waals surface area contributed by atoms with Crippen LogP contribution in [0.5, 0.6) is 0 Å². The second-order valence-electron chi connectivity index (χ2n) is 5.10. The average Bonchev–Trinajstić information content (AvgIpc) is 2.60. The van der Waals surface area contributed by atoms with E-state index in [0.717, 1.165) is 21.7 Å². The molecule has 0 saturated carbocycles. The zero-order valence-electron chi connectivity index (χ0n) is 11.7. The maximum absolute atomic E-state index is 13.0. The third-order valence-electron chi connectivity index (χ3n) is 3.79. The Kier molecular flexibility index (Phi) is 2.90. The van der Waals surface area contributed by atoms with Gasteiger partial charge in [-0.2, -0.15) is 0 Å². The fraction of sp³-hybridized carbons (Fsp3) is 0. The van der Waals surface area contributed by atoms with Gasteiger partial charge in [-0.05, 0) is 16.8 Å². The number of hydrogen-bond donors (Lipinski definition) is 0. The largest absolute Gasteiger partial charge is 0.287 e. The second-order valence-corrected chi connectivity index (χ2v) is 5.10. The Balaban J connectivity index is 1.97. The molecule has 0 aliphatic carbocycles. The maximum Gasteiger partial charge on any atom is 0.212 e. The highest BCUT2D eigenvalue weighted by Gasteiger charge is 2.16. The number of fused-ring (bicyclic) bond motifs is 2. The Labute approximate surface area is 127 Å². The highest BCUT2D eigenvalue weighted by atomic mass is 16.1. The zero-order chi connectivity index (χ0) is 14.9. The van der Waals surface area contributed by atoms with Crippen molar-refractivity contribution in [1.29, 1.82) is 0 Å². The van der Waals surface area contributed by atoms with Crippen LogP contribution in [0.25, 0.3) is 21.7 Å². The molecule has 3 nitrogen and oxygen atoms in total. The highest BCUT2D eigenvalue weighted by Crippen LogP contribution is 2.23. The Bertz CT molecular complexity index is 916. The topological polar surface area (TPSA) is 42.9 Å². The van der Waals surface area contributed by atoms with E-state index in [4.69, 9.17) is 0 Å². The van der Waals surface area contributed by atoms with Crippen LogP contribution in [0.3, 0.4) is 0 Å². The van der Waals surface area contributed by atoms with Gasteiger partial charge >= 0.3 is 0 Å². The summed E-state index contributed by atoms with van der Waals surface area (Å²) in [6.45, 7) is 0. The molecular weight excluding hydrogens is 272 g/mol. The summed E-state index contributed by atoms with van der Waals surface area (Å²) in [4.78, 5) is 21.4. The number of para-hydroxylation sites is 1. The van der Waals surface area contributed by atoms with Crippen molar-refractivity contribution in [3.63, 3.8) is 0 Å². The summed E-state index contributed by atoms with van der Waals surface area (Å²) in [6.07, 6.45) is 1.45. The van der Waals surface area contributed by atoms with Gasteiger partial charge in [0.2, 0.25) is 5.78 Å². The van der Waals surface area contributed by atoms with Gasteiger partial charge in [-0.25, -0.2) is 9.97 Å². The Morgan fingerprint density at radius 1 is 0.727 bits per heavy atom. The molecular formula is C19H12N2O. The molecule has 0 atom stereocenters. The van der Waals surface area contributed by atoms with Crippen LogP contribution in [-0.2, 0) is 0 Å². The summed E-state index contributed by atoms with van der Waals surface area (Å²) in [6, 6.07) is 21.2. The second kappa shape index (κ2) is 5.04. The molecule has 0 spiro atoms. The molecule has 3 aromatic carbocycles. The number of rotatable bonds is 2. The van der Waals surface area contributed by atoms with Crippen LogP contribution in [0.2, 0.25) is 0 Å². The van der Waals surface area contributed by atoms with E-state index < -0.39 is 0 Å². The zero-order valence-corrected chi connectivity index (χ0v) is 11.7. The SMILES string of the molecule is O=C(c1cccc2ccccc12)c1ncnc2ccccc12. The summed E-state index contributed by atoms with van der Waals surface area (Å²) in [7, 11) is 0. The van der Waals surface area contributed by atoms with E-state index in [2.05, 4.69) is 9.97 Å². The first-order valence-corrected chi connectivity index (χ1v) is 7.07. The van der Waals surface area contributed by atoms with Gasteiger partial charge in [-0.1, -0.05) is 60.7 Å². The van der Waals surface area contributed by atoms with Gasteiger partial charge in [0.25, 0.3) is 0 Å². The predicted octanol–water partition coefficient (Wildman–Crippen LogP) is 4.01. The van der Waals surface area contributed by atoms with Crippen molar-refractivity contribution < 1.29 is 4.79 Å². The lowest BCUT2D eigenvalue weighted by Crippen LogP contribution is -2.06. The lowest BCUT2D eigenvalue weighted by atomic mass is 9.98. The molecule has 22 heavy (non-hydrogen) atoms. The quantitative estimate of drug-likeness (QED) is 0.522. The Hall–Kier alpha value is -3.07. The van der Waals surface area contributed by atoms with Crippen molar-refractivity contribution in [2.75, 3.05) is 0 Å². The van der Waals surface area contributed by atoms with Gasteiger partial charge < -0.3 is 0 Å². The normalized spacial score (nSPS) is 10.9. The molecule has 104 valence electrons. The van der Waals surface area contributed by atoms with E-state index >= 15 is 0 Å². The summed E-state index contributed by atoms with van der Waals surface area (Å²) in [5.41, 5.74) is 1.89. The van der Waals surface area contributed by atoms with Crippen molar-refractivity contribution in [2.24, 2.45) is 0 Å². The van der Waals surface area contributed by atoms with Crippen molar-refractivity contribution >= 4 is 27.5 Å². The standard InChI is InChI=1S/C19H12N2O/c22-19(15-10-5-7-13-6-1-2-8-14(13)15)18-16-9-3-4-11-17(16)20-12-21-18/h1-12H. The lowest BCUT2D eigenvalue weighted by Gasteiger charge is -2.07. The van der Waals surface area contributed by atoms with E-state index in [1.54, 1.807) is 0 Å². The first-order chi connectivity index (χ1) is 10.8. The van der Waals surface area contributed by atoms with E-state index in [1.807, 2.05) is 66.7 Å². The van der Waals surface area contributed by atoms with Crippen LogP contribution in [-0.4, -0.2) is 15.8 Å². The fourth-order valence-electron chi connectivity index (χ4n) is 2.74. The molecule has 0 fully saturated rings. The molecule has 0 bridgehead atoms. The lowest BCUT2D eigenvalue weighted by molar-refractivity contribution is 0.103.